The van der Waals surface area contributed by atoms with Crippen LogP contribution in [0.15, 0.2) is 41.8 Å². The van der Waals surface area contributed by atoms with Crippen LogP contribution < -0.4 is 10.5 Å². The summed E-state index contributed by atoms with van der Waals surface area (Å²) in [6.07, 6.45) is -0.986. The van der Waals surface area contributed by atoms with Crippen LogP contribution in [0, 0.1) is 6.92 Å². The second-order valence-electron chi connectivity index (χ2n) is 8.38. The molecule has 3 aromatic rings. The molecule has 33 heavy (non-hydrogen) atoms. The van der Waals surface area contributed by atoms with Gasteiger partial charge in [-0.2, -0.15) is 0 Å². The third-order valence-corrected chi connectivity index (χ3v) is 6.88. The van der Waals surface area contributed by atoms with Crippen LogP contribution >= 0.6 is 0 Å². The summed E-state index contributed by atoms with van der Waals surface area (Å²) in [5, 5.41) is 0. The van der Waals surface area contributed by atoms with Gasteiger partial charge in [0.2, 0.25) is 0 Å². The molecule has 1 amide bonds. The van der Waals surface area contributed by atoms with Crippen LogP contribution in [0.2, 0.25) is 0 Å². The van der Waals surface area contributed by atoms with E-state index in [1.54, 1.807) is 30.5 Å². The Morgan fingerprint density at radius 3 is 2.55 bits per heavy atom. The molecule has 2 aromatic heterocycles. The number of anilines is 1. The molecule has 0 bridgehead atoms. The maximum atomic E-state index is 13.1. The Bertz CT molecular complexity index is 1340. The molecule has 2 saturated heterocycles. The highest BCUT2D eigenvalue weighted by Crippen LogP contribution is 2.44. The summed E-state index contributed by atoms with van der Waals surface area (Å²) < 4.78 is 47.0. The number of carbonyl (C=O) groups excluding carboxylic acids is 1. The summed E-state index contributed by atoms with van der Waals surface area (Å²) in [6.45, 7) is 5.23. The fourth-order valence-corrected chi connectivity index (χ4v) is 5.03. The number of carbonyl (C=O) groups is 1. The number of nitrogens with two attached hydrogens (primary N) is 1. The number of amides is 1. The van der Waals surface area contributed by atoms with E-state index in [4.69, 9.17) is 19.9 Å². The zero-order chi connectivity index (χ0) is 23.5. The highest BCUT2D eigenvalue weighted by molar-refractivity contribution is 7.90. The number of nitrogen functional groups attached to an aromatic ring is 1. The summed E-state index contributed by atoms with van der Waals surface area (Å²) in [4.78, 5) is 25.4. The number of imidazole rings is 1. The Morgan fingerprint density at radius 2 is 1.82 bits per heavy atom. The molecule has 4 heterocycles. The third-order valence-electron chi connectivity index (χ3n) is 5.51. The SMILES string of the molecule is Cc1ccc(S(=O)(=O)NC(=O)[C@H]2O[C@@H](n3cnc4c(N)ncnc43)[C@@H]3OC(C)(C)O[C@@H]32)cc1. The highest BCUT2D eigenvalue weighted by Gasteiger charge is 2.58. The number of hydrogen-bond donors (Lipinski definition) is 2. The van der Waals surface area contributed by atoms with Gasteiger partial charge in [-0.05, 0) is 32.9 Å². The summed E-state index contributed by atoms with van der Waals surface area (Å²) in [6, 6.07) is 6.13. The topological polar surface area (TPSA) is 161 Å². The average Bonchev–Trinajstić information content (AvgIpc) is 3.39. The van der Waals surface area contributed by atoms with Crippen LogP contribution in [0.1, 0.15) is 25.6 Å². The number of nitrogens with one attached hydrogen (secondary N) is 1. The van der Waals surface area contributed by atoms with Gasteiger partial charge in [-0.3, -0.25) is 9.36 Å². The summed E-state index contributed by atoms with van der Waals surface area (Å²) >= 11 is 0. The molecule has 1 aromatic carbocycles. The Balaban J connectivity index is 1.46. The van der Waals surface area contributed by atoms with Gasteiger partial charge >= 0.3 is 0 Å². The number of aryl methyl sites for hydroxylation is 1. The van der Waals surface area contributed by atoms with Gasteiger partial charge in [-0.15, -0.1) is 0 Å². The van der Waals surface area contributed by atoms with Gasteiger partial charge in [-0.1, -0.05) is 17.7 Å². The van der Waals surface area contributed by atoms with Gasteiger partial charge in [0.05, 0.1) is 11.2 Å². The highest BCUT2D eigenvalue weighted by atomic mass is 32.2. The molecule has 0 radical (unpaired) electrons. The molecule has 13 heteroatoms. The van der Waals surface area contributed by atoms with Crippen molar-refractivity contribution in [2.45, 2.75) is 56.0 Å². The molecule has 0 spiro atoms. The quantitative estimate of drug-likeness (QED) is 0.549. The van der Waals surface area contributed by atoms with Crippen molar-refractivity contribution in [3.8, 4) is 0 Å². The van der Waals surface area contributed by atoms with Crippen LogP contribution in [-0.4, -0.2) is 57.9 Å². The summed E-state index contributed by atoms with van der Waals surface area (Å²) in [7, 11) is -4.11. The van der Waals surface area contributed by atoms with Gasteiger partial charge in [0.25, 0.3) is 15.9 Å². The number of nitrogens with zero attached hydrogens (tertiary/aromatic N) is 4. The largest absolute Gasteiger partial charge is 0.382 e. The standard InChI is InChI=1S/C20H22N6O6S/c1-10-4-6-11(7-5-10)33(28,29)25-18(27)14-13-15(32-20(2,3)31-13)19(30-14)26-9-24-12-16(21)22-8-23-17(12)26/h4-9,13-15,19H,1-3H3,(H,25,27)(H2,21,22,23)/t13-,14+,15-,19-/m1/s1. The lowest BCUT2D eigenvalue weighted by atomic mass is 10.1. The molecule has 4 atom stereocenters. The first kappa shape index (κ1) is 21.7. The Kier molecular flexibility index (Phi) is 4.90. The first-order valence-electron chi connectivity index (χ1n) is 10.1. The molecule has 0 aliphatic carbocycles. The van der Waals surface area contributed by atoms with Crippen molar-refractivity contribution in [3.05, 3.63) is 42.5 Å². The normalized spacial score (nSPS) is 26.4. The van der Waals surface area contributed by atoms with Crippen LogP contribution in [0.3, 0.4) is 0 Å². The van der Waals surface area contributed by atoms with Gasteiger partial charge in [0.1, 0.15) is 24.1 Å². The predicted molar refractivity (Wildman–Crippen MR) is 114 cm³/mol. The zero-order valence-electron chi connectivity index (χ0n) is 18.0. The maximum Gasteiger partial charge on any atom is 0.265 e. The van der Waals surface area contributed by atoms with Crippen molar-refractivity contribution in [2.24, 2.45) is 0 Å². The van der Waals surface area contributed by atoms with Crippen molar-refractivity contribution in [1.29, 1.82) is 0 Å². The number of fused-ring (bicyclic) bond motifs is 2. The lowest BCUT2D eigenvalue weighted by Gasteiger charge is -2.24. The minimum absolute atomic E-state index is 0.0377. The molecule has 12 nitrogen and oxygen atoms in total. The maximum absolute atomic E-state index is 13.1. The van der Waals surface area contributed by atoms with E-state index in [-0.39, 0.29) is 10.7 Å². The fourth-order valence-electron chi connectivity index (χ4n) is 4.03. The smallest absolute Gasteiger partial charge is 0.265 e. The Labute approximate surface area is 189 Å². The molecule has 2 aliphatic heterocycles. The van der Waals surface area contributed by atoms with E-state index in [9.17, 15) is 13.2 Å². The van der Waals surface area contributed by atoms with Crippen molar-refractivity contribution < 1.29 is 27.4 Å². The van der Waals surface area contributed by atoms with E-state index < -0.39 is 46.3 Å². The average molecular weight is 474 g/mol. The Hall–Kier alpha value is -3.13. The molecule has 174 valence electrons. The first-order chi connectivity index (χ1) is 15.6. The van der Waals surface area contributed by atoms with Gasteiger partial charge < -0.3 is 19.9 Å². The van der Waals surface area contributed by atoms with Crippen molar-refractivity contribution >= 4 is 32.9 Å². The molecular formula is C20H22N6O6S. The van der Waals surface area contributed by atoms with Gasteiger partial charge in [-0.25, -0.2) is 28.1 Å². The number of aromatic nitrogens is 4. The van der Waals surface area contributed by atoms with E-state index in [2.05, 4.69) is 19.7 Å². The Morgan fingerprint density at radius 1 is 1.12 bits per heavy atom. The molecule has 0 unspecified atom stereocenters. The first-order valence-corrected chi connectivity index (χ1v) is 11.6. The molecular weight excluding hydrogens is 452 g/mol. The summed E-state index contributed by atoms with van der Waals surface area (Å²) in [5.41, 5.74) is 7.51. The van der Waals surface area contributed by atoms with Crippen LogP contribution in [0.25, 0.3) is 11.2 Å². The lowest BCUT2D eigenvalue weighted by molar-refractivity contribution is -0.197. The number of sulfonamides is 1. The van der Waals surface area contributed by atoms with Gasteiger partial charge in [0.15, 0.2) is 29.6 Å². The van der Waals surface area contributed by atoms with E-state index >= 15 is 0 Å². The second-order valence-corrected chi connectivity index (χ2v) is 10.1. The molecule has 2 aliphatic rings. The monoisotopic (exact) mass is 474 g/mol. The minimum atomic E-state index is -4.11. The van der Waals surface area contributed by atoms with Crippen LogP contribution in [-0.2, 0) is 29.0 Å². The zero-order valence-corrected chi connectivity index (χ0v) is 18.8. The van der Waals surface area contributed by atoms with Crippen LogP contribution in [0.5, 0.6) is 0 Å². The van der Waals surface area contributed by atoms with E-state index in [1.165, 1.54) is 24.8 Å². The molecule has 3 N–H and O–H groups in total. The summed E-state index contributed by atoms with van der Waals surface area (Å²) in [5.74, 6) is -1.69. The van der Waals surface area contributed by atoms with E-state index in [0.717, 1.165) is 5.56 Å². The fraction of sp³-hybridized carbons (Fsp3) is 0.400. The van der Waals surface area contributed by atoms with Crippen molar-refractivity contribution in [3.63, 3.8) is 0 Å². The van der Waals surface area contributed by atoms with Crippen LogP contribution in [0.4, 0.5) is 5.82 Å². The number of hydrogen-bond acceptors (Lipinski definition) is 10. The van der Waals surface area contributed by atoms with Crippen molar-refractivity contribution in [1.82, 2.24) is 24.2 Å². The molecule has 0 saturated carbocycles. The molecule has 5 rings (SSSR count). The molecule has 2 fully saturated rings. The minimum Gasteiger partial charge on any atom is -0.382 e. The van der Waals surface area contributed by atoms with Gasteiger partial charge in [0, 0.05) is 0 Å². The number of benzene rings is 1. The second kappa shape index (κ2) is 7.45. The van der Waals surface area contributed by atoms with E-state index in [0.29, 0.717) is 11.2 Å². The van der Waals surface area contributed by atoms with E-state index in [1.807, 2.05) is 6.92 Å². The lowest BCUT2D eigenvalue weighted by Crippen LogP contribution is -2.45. The number of rotatable bonds is 4. The third kappa shape index (κ3) is 3.72. The van der Waals surface area contributed by atoms with Crippen molar-refractivity contribution in [2.75, 3.05) is 5.73 Å². The number of ether oxygens (including phenoxy) is 3. The predicted octanol–water partition coefficient (Wildman–Crippen LogP) is 0.640.